The predicted octanol–water partition coefficient (Wildman–Crippen LogP) is 3.69. The van der Waals surface area contributed by atoms with Gasteiger partial charge in [-0.05, 0) is 50.1 Å². The van der Waals surface area contributed by atoms with Gasteiger partial charge in [-0.1, -0.05) is 11.6 Å². The Morgan fingerprint density at radius 1 is 1.28 bits per heavy atom. The fourth-order valence-electron chi connectivity index (χ4n) is 3.42. The average molecular weight is 451 g/mol. The average Bonchev–Trinajstić information content (AvgIpc) is 3.07. The van der Waals surface area contributed by atoms with Crippen molar-refractivity contribution in [2.24, 2.45) is 5.92 Å². The largest absolute Gasteiger partial charge is 0.326 e. The fourth-order valence-corrected chi connectivity index (χ4v) is 6.19. The topological polar surface area (TPSA) is 92.3 Å². The Morgan fingerprint density at radius 2 is 2.03 bits per heavy atom. The highest BCUT2D eigenvalue weighted by atomic mass is 35.5. The number of carbonyl (C=O) groups is 1. The number of sulfonamides is 1. The zero-order valence-corrected chi connectivity index (χ0v) is 18.0. The molecule has 152 valence electrons. The van der Waals surface area contributed by atoms with Crippen LogP contribution in [0.2, 0.25) is 5.15 Å². The van der Waals surface area contributed by atoms with Gasteiger partial charge in [-0.2, -0.15) is 4.31 Å². The number of pyridine rings is 1. The van der Waals surface area contributed by atoms with E-state index in [2.05, 4.69) is 15.3 Å². The summed E-state index contributed by atoms with van der Waals surface area (Å²) in [5, 5.41) is 3.89. The number of fused-ring (bicyclic) bond motifs is 1. The lowest BCUT2D eigenvalue weighted by Gasteiger charge is -2.30. The van der Waals surface area contributed by atoms with Crippen molar-refractivity contribution in [1.82, 2.24) is 14.3 Å². The van der Waals surface area contributed by atoms with Crippen LogP contribution in [0.5, 0.6) is 0 Å². The van der Waals surface area contributed by atoms with Gasteiger partial charge in [-0.15, -0.1) is 11.3 Å². The number of amides is 1. The minimum atomic E-state index is -3.72. The van der Waals surface area contributed by atoms with Gasteiger partial charge in [-0.25, -0.2) is 18.4 Å². The molecule has 3 heterocycles. The van der Waals surface area contributed by atoms with E-state index in [9.17, 15) is 13.2 Å². The Morgan fingerprint density at radius 3 is 2.76 bits per heavy atom. The van der Waals surface area contributed by atoms with E-state index in [-0.39, 0.29) is 35.0 Å². The number of piperidine rings is 1. The number of aromatic nitrogens is 2. The van der Waals surface area contributed by atoms with E-state index in [4.69, 9.17) is 11.6 Å². The van der Waals surface area contributed by atoms with Crippen molar-refractivity contribution in [1.29, 1.82) is 0 Å². The molecule has 1 fully saturated rings. The number of carbonyl (C=O) groups excluding carboxylic acids is 1. The lowest BCUT2D eigenvalue weighted by Crippen LogP contribution is -2.41. The highest BCUT2D eigenvalue weighted by molar-refractivity contribution is 7.89. The third-order valence-corrected chi connectivity index (χ3v) is 8.21. The number of nitrogens with one attached hydrogen (secondary N) is 1. The molecule has 7 nitrogen and oxygen atoms in total. The fraction of sp³-hybridized carbons (Fsp3) is 0.316. The molecule has 0 spiro atoms. The molecule has 1 amide bonds. The van der Waals surface area contributed by atoms with Crippen LogP contribution in [-0.2, 0) is 14.8 Å². The first-order chi connectivity index (χ1) is 13.8. The molecule has 1 aromatic carbocycles. The van der Waals surface area contributed by atoms with Crippen LogP contribution in [-0.4, -0.2) is 41.7 Å². The van der Waals surface area contributed by atoms with E-state index in [1.54, 1.807) is 17.4 Å². The Balaban J connectivity index is 1.41. The molecule has 0 radical (unpaired) electrons. The second-order valence-electron chi connectivity index (χ2n) is 6.88. The van der Waals surface area contributed by atoms with Crippen LogP contribution < -0.4 is 5.32 Å². The molecule has 0 atom stereocenters. The number of halogens is 1. The van der Waals surface area contributed by atoms with Crippen LogP contribution in [0.15, 0.2) is 41.4 Å². The van der Waals surface area contributed by atoms with Gasteiger partial charge in [0.2, 0.25) is 15.9 Å². The van der Waals surface area contributed by atoms with Gasteiger partial charge in [0, 0.05) is 30.9 Å². The van der Waals surface area contributed by atoms with Crippen LogP contribution in [0.3, 0.4) is 0 Å². The summed E-state index contributed by atoms with van der Waals surface area (Å²) in [6.45, 7) is 2.47. The monoisotopic (exact) mass is 450 g/mol. The van der Waals surface area contributed by atoms with Crippen LogP contribution in [0, 0.1) is 12.8 Å². The number of benzene rings is 1. The highest BCUT2D eigenvalue weighted by Gasteiger charge is 2.33. The molecule has 29 heavy (non-hydrogen) atoms. The van der Waals surface area contributed by atoms with Gasteiger partial charge in [0.25, 0.3) is 0 Å². The molecule has 3 aromatic rings. The molecular weight excluding hydrogens is 432 g/mol. The van der Waals surface area contributed by atoms with Crippen molar-refractivity contribution in [3.05, 3.63) is 46.7 Å². The molecule has 0 unspecified atom stereocenters. The minimum Gasteiger partial charge on any atom is -0.326 e. The summed E-state index contributed by atoms with van der Waals surface area (Å²) in [5.74, 6) is -0.341. The van der Waals surface area contributed by atoms with Crippen molar-refractivity contribution in [2.75, 3.05) is 18.4 Å². The number of hydrogen-bond acceptors (Lipinski definition) is 6. The van der Waals surface area contributed by atoms with Crippen molar-refractivity contribution in [3.63, 3.8) is 0 Å². The minimum absolute atomic E-state index is 0.00211. The molecule has 10 heteroatoms. The second-order valence-corrected chi connectivity index (χ2v) is 10.4. The Labute approximate surface area is 177 Å². The van der Waals surface area contributed by atoms with Crippen LogP contribution in [0.4, 0.5) is 5.69 Å². The Kier molecular flexibility index (Phi) is 5.56. The summed E-state index contributed by atoms with van der Waals surface area (Å²) in [5.41, 5.74) is 1.64. The smallest absolute Gasteiger partial charge is 0.246 e. The number of thiazole rings is 1. The molecule has 0 bridgehead atoms. The normalized spacial score (nSPS) is 16.2. The maximum absolute atomic E-state index is 12.8. The van der Waals surface area contributed by atoms with E-state index in [1.807, 2.05) is 25.1 Å². The summed E-state index contributed by atoms with van der Waals surface area (Å²) in [6, 6.07) is 8.63. The molecule has 1 N–H and O–H groups in total. The molecule has 2 aromatic heterocycles. The summed E-state index contributed by atoms with van der Waals surface area (Å²) >= 11 is 7.54. The molecular formula is C19H19ClN4O3S2. The number of rotatable bonds is 4. The predicted molar refractivity (Wildman–Crippen MR) is 114 cm³/mol. The maximum atomic E-state index is 12.8. The summed E-state index contributed by atoms with van der Waals surface area (Å²) < 4.78 is 28.0. The molecule has 1 saturated heterocycles. The number of aryl methyl sites for hydroxylation is 1. The van der Waals surface area contributed by atoms with Gasteiger partial charge in [0.05, 0.1) is 15.2 Å². The highest BCUT2D eigenvalue weighted by Crippen LogP contribution is 2.29. The molecule has 1 aliphatic heterocycles. The SMILES string of the molecule is Cc1nc2ccc(NC(=O)C3CCN(S(=O)(=O)c4cccnc4Cl)CC3)cc2s1. The first-order valence-electron chi connectivity index (χ1n) is 9.13. The van der Waals surface area contributed by atoms with E-state index < -0.39 is 10.0 Å². The van der Waals surface area contributed by atoms with E-state index >= 15 is 0 Å². The first kappa shape index (κ1) is 20.2. The lowest BCUT2D eigenvalue weighted by atomic mass is 9.97. The van der Waals surface area contributed by atoms with Gasteiger partial charge in [0.15, 0.2) is 0 Å². The third kappa shape index (κ3) is 4.13. The van der Waals surface area contributed by atoms with Crippen LogP contribution >= 0.6 is 22.9 Å². The van der Waals surface area contributed by atoms with Crippen molar-refractivity contribution in [3.8, 4) is 0 Å². The van der Waals surface area contributed by atoms with Gasteiger partial charge in [0.1, 0.15) is 10.0 Å². The number of nitrogens with zero attached hydrogens (tertiary/aromatic N) is 3. The van der Waals surface area contributed by atoms with Crippen molar-refractivity contribution < 1.29 is 13.2 Å². The van der Waals surface area contributed by atoms with Gasteiger partial charge < -0.3 is 5.32 Å². The molecule has 0 aliphatic carbocycles. The second kappa shape index (κ2) is 7.98. The zero-order valence-electron chi connectivity index (χ0n) is 15.6. The standard InChI is InChI=1S/C19H19ClN4O3S2/c1-12-22-15-5-4-14(11-16(15)28-12)23-19(25)13-6-9-24(10-7-13)29(26,27)17-3-2-8-21-18(17)20/h2-5,8,11,13H,6-7,9-10H2,1H3,(H,23,25). The van der Waals surface area contributed by atoms with E-state index in [0.29, 0.717) is 12.8 Å². The van der Waals surface area contributed by atoms with Gasteiger partial charge in [-0.3, -0.25) is 4.79 Å². The quantitative estimate of drug-likeness (QED) is 0.612. The molecule has 1 aliphatic rings. The summed E-state index contributed by atoms with van der Waals surface area (Å²) in [4.78, 5) is 20.9. The number of anilines is 1. The van der Waals surface area contributed by atoms with Crippen molar-refractivity contribution in [2.45, 2.75) is 24.7 Å². The Hall–Kier alpha value is -2.07. The lowest BCUT2D eigenvalue weighted by molar-refractivity contribution is -0.120. The third-order valence-electron chi connectivity index (χ3n) is 4.93. The van der Waals surface area contributed by atoms with Crippen LogP contribution in [0.1, 0.15) is 17.8 Å². The van der Waals surface area contributed by atoms with Crippen LogP contribution in [0.25, 0.3) is 10.2 Å². The van der Waals surface area contributed by atoms with E-state index in [1.165, 1.54) is 16.6 Å². The summed E-state index contributed by atoms with van der Waals surface area (Å²) in [7, 11) is -3.72. The molecule has 0 saturated carbocycles. The zero-order chi connectivity index (χ0) is 20.6. The maximum Gasteiger partial charge on any atom is 0.246 e. The molecule has 4 rings (SSSR count). The Bertz CT molecular complexity index is 1170. The van der Waals surface area contributed by atoms with E-state index in [0.717, 1.165) is 20.9 Å². The summed E-state index contributed by atoms with van der Waals surface area (Å²) in [6.07, 6.45) is 2.35. The number of hydrogen-bond donors (Lipinski definition) is 1. The first-order valence-corrected chi connectivity index (χ1v) is 11.8. The van der Waals surface area contributed by atoms with Gasteiger partial charge >= 0.3 is 0 Å². The van der Waals surface area contributed by atoms with Crippen molar-refractivity contribution >= 4 is 54.8 Å².